The summed E-state index contributed by atoms with van der Waals surface area (Å²) in [4.78, 5) is 6.25. The van der Waals surface area contributed by atoms with Gasteiger partial charge >= 0.3 is 0 Å². The van der Waals surface area contributed by atoms with E-state index in [2.05, 4.69) is 9.88 Å². The zero-order valence-electron chi connectivity index (χ0n) is 16.2. The number of likely N-dealkylation sites (tertiary alicyclic amines) is 1. The van der Waals surface area contributed by atoms with Crippen LogP contribution in [0.2, 0.25) is 0 Å². The molecule has 6 heteroatoms. The molecule has 1 saturated carbocycles. The summed E-state index contributed by atoms with van der Waals surface area (Å²) in [7, 11) is 1.65. The monoisotopic (exact) mass is 384 g/mol. The van der Waals surface area contributed by atoms with Gasteiger partial charge in [-0.3, -0.25) is 9.88 Å². The molecule has 150 valence electrons. The first-order valence-electron chi connectivity index (χ1n) is 9.85. The molecule has 28 heavy (non-hydrogen) atoms. The number of hydrogen-bond donors (Lipinski definition) is 3. The fourth-order valence-corrected chi connectivity index (χ4v) is 4.86. The molecule has 0 bridgehead atoms. The van der Waals surface area contributed by atoms with Crippen LogP contribution < -0.4 is 4.74 Å². The first-order chi connectivity index (χ1) is 13.4. The number of hydrogen-bond acceptors (Lipinski definition) is 6. The number of aliphatic hydroxyl groups is 2. The Morgan fingerprint density at radius 3 is 2.39 bits per heavy atom. The van der Waals surface area contributed by atoms with Gasteiger partial charge in [0.25, 0.3) is 0 Å². The number of methoxy groups -OCH3 is 1. The average Bonchev–Trinajstić information content (AvgIpc) is 3.19. The average molecular weight is 384 g/mol. The minimum absolute atomic E-state index is 0.130. The van der Waals surface area contributed by atoms with Crippen molar-refractivity contribution in [1.82, 2.24) is 9.88 Å². The number of aromatic nitrogens is 1. The molecular formula is C22H28N2O4. The molecule has 4 atom stereocenters. The van der Waals surface area contributed by atoms with E-state index in [1.54, 1.807) is 19.2 Å². The van der Waals surface area contributed by atoms with Crippen LogP contribution in [0.25, 0.3) is 0 Å². The summed E-state index contributed by atoms with van der Waals surface area (Å²) in [5.74, 6) is 1.77. The molecule has 6 nitrogen and oxygen atoms in total. The third-order valence-electron chi connectivity index (χ3n) is 6.20. The molecule has 1 unspecified atom stereocenters. The van der Waals surface area contributed by atoms with Gasteiger partial charge in [0.05, 0.1) is 18.9 Å². The Kier molecular flexibility index (Phi) is 5.27. The zero-order valence-corrected chi connectivity index (χ0v) is 16.2. The van der Waals surface area contributed by atoms with Gasteiger partial charge in [-0.2, -0.15) is 0 Å². The minimum Gasteiger partial charge on any atom is -0.506 e. The van der Waals surface area contributed by atoms with E-state index in [4.69, 9.17) is 4.74 Å². The topological polar surface area (TPSA) is 86.1 Å². The van der Waals surface area contributed by atoms with Crippen molar-refractivity contribution in [2.75, 3.05) is 20.2 Å². The predicted molar refractivity (Wildman–Crippen MR) is 105 cm³/mol. The molecule has 2 heterocycles. The van der Waals surface area contributed by atoms with Crippen LogP contribution in [0, 0.1) is 11.8 Å². The van der Waals surface area contributed by atoms with E-state index >= 15 is 0 Å². The van der Waals surface area contributed by atoms with Crippen LogP contribution in [0.15, 0.2) is 42.6 Å². The summed E-state index contributed by atoms with van der Waals surface area (Å²) in [5, 5.41) is 31.0. The molecule has 0 radical (unpaired) electrons. The number of nitrogens with zero attached hydrogens (tertiary/aromatic N) is 2. The number of pyridine rings is 1. The van der Waals surface area contributed by atoms with E-state index in [1.165, 1.54) is 6.20 Å². The van der Waals surface area contributed by atoms with Gasteiger partial charge in [0.15, 0.2) is 0 Å². The van der Waals surface area contributed by atoms with Crippen molar-refractivity contribution >= 4 is 0 Å². The van der Waals surface area contributed by atoms with Gasteiger partial charge in [-0.15, -0.1) is 0 Å². The predicted octanol–water partition coefficient (Wildman–Crippen LogP) is 1.97. The van der Waals surface area contributed by atoms with Crippen LogP contribution in [0.1, 0.15) is 24.1 Å². The molecule has 2 aliphatic rings. The van der Waals surface area contributed by atoms with Crippen LogP contribution in [0.5, 0.6) is 11.5 Å². The molecule has 1 aromatic heterocycles. The van der Waals surface area contributed by atoms with Gasteiger partial charge in [0.1, 0.15) is 17.7 Å². The second kappa shape index (κ2) is 7.70. The molecule has 2 aromatic rings. The number of fused-ring (bicyclic) bond motifs is 1. The van der Waals surface area contributed by atoms with E-state index in [9.17, 15) is 15.3 Å². The lowest BCUT2D eigenvalue weighted by molar-refractivity contribution is -0.00318. The Balaban J connectivity index is 1.32. The van der Waals surface area contributed by atoms with Gasteiger partial charge in [0, 0.05) is 31.6 Å². The summed E-state index contributed by atoms with van der Waals surface area (Å²) < 4.78 is 5.20. The quantitative estimate of drug-likeness (QED) is 0.706. The highest BCUT2D eigenvalue weighted by Crippen LogP contribution is 2.45. The van der Waals surface area contributed by atoms with Crippen molar-refractivity contribution in [3.63, 3.8) is 0 Å². The number of aromatic hydroxyl groups is 1. The third-order valence-corrected chi connectivity index (χ3v) is 6.20. The molecule has 1 saturated heterocycles. The third kappa shape index (κ3) is 4.14. The van der Waals surface area contributed by atoms with E-state index in [-0.39, 0.29) is 5.75 Å². The maximum absolute atomic E-state index is 11.1. The normalized spacial score (nSPS) is 28.2. The Morgan fingerprint density at radius 2 is 1.82 bits per heavy atom. The molecule has 1 aromatic carbocycles. The van der Waals surface area contributed by atoms with Crippen LogP contribution in [-0.4, -0.2) is 57.2 Å². The second-order valence-corrected chi connectivity index (χ2v) is 8.32. The molecular weight excluding hydrogens is 356 g/mol. The van der Waals surface area contributed by atoms with E-state index in [0.717, 1.165) is 42.9 Å². The Morgan fingerprint density at radius 1 is 1.14 bits per heavy atom. The largest absolute Gasteiger partial charge is 0.506 e. The lowest BCUT2D eigenvalue weighted by atomic mass is 9.91. The van der Waals surface area contributed by atoms with Crippen molar-refractivity contribution in [2.45, 2.75) is 37.5 Å². The van der Waals surface area contributed by atoms with Gasteiger partial charge < -0.3 is 20.1 Å². The highest BCUT2D eigenvalue weighted by Gasteiger charge is 2.49. The molecule has 3 N–H and O–H groups in total. The number of benzene rings is 1. The van der Waals surface area contributed by atoms with Crippen LogP contribution in [0.4, 0.5) is 0 Å². The highest BCUT2D eigenvalue weighted by atomic mass is 16.5. The summed E-state index contributed by atoms with van der Waals surface area (Å²) in [6.45, 7) is 1.60. The summed E-state index contributed by atoms with van der Waals surface area (Å²) >= 11 is 0. The fourth-order valence-electron chi connectivity index (χ4n) is 4.86. The zero-order chi connectivity index (χ0) is 19.7. The van der Waals surface area contributed by atoms with Crippen molar-refractivity contribution in [1.29, 1.82) is 0 Å². The molecule has 2 fully saturated rings. The van der Waals surface area contributed by atoms with Gasteiger partial charge in [0.2, 0.25) is 0 Å². The van der Waals surface area contributed by atoms with Gasteiger partial charge in [-0.25, -0.2) is 0 Å². The molecule has 1 aliphatic carbocycles. The SMILES string of the molecule is COc1ccc(C[C@@]2(O)C[C@H]3CN(C(O)Cc4ccc(O)cn4)C[C@H]3C2)cc1. The Bertz CT molecular complexity index is 779. The smallest absolute Gasteiger partial charge is 0.133 e. The standard InChI is InChI=1S/C22H28N2O4/c1-28-20-6-2-15(3-7-20)9-22(27)10-16-13-24(14-17(16)11-22)21(26)8-18-4-5-19(25)12-23-18/h2-7,12,16-17,21,25-27H,8-11,13-14H2,1H3/t16-,17+,21?,22+. The first kappa shape index (κ1) is 19.2. The number of ether oxygens (including phenoxy) is 1. The molecule has 0 spiro atoms. The van der Waals surface area contributed by atoms with Gasteiger partial charge in [-0.1, -0.05) is 12.1 Å². The number of rotatable bonds is 6. The minimum atomic E-state index is -0.667. The fraction of sp³-hybridized carbons (Fsp3) is 0.500. The lowest BCUT2D eigenvalue weighted by Crippen LogP contribution is -2.38. The van der Waals surface area contributed by atoms with E-state index in [0.29, 0.717) is 24.7 Å². The Labute approximate surface area is 165 Å². The summed E-state index contributed by atoms with van der Waals surface area (Å²) in [6.07, 6.45) is 3.45. The van der Waals surface area contributed by atoms with Crippen molar-refractivity contribution < 1.29 is 20.1 Å². The molecule has 1 aliphatic heterocycles. The summed E-state index contributed by atoms with van der Waals surface area (Å²) in [6, 6.07) is 11.2. The maximum atomic E-state index is 11.1. The van der Waals surface area contributed by atoms with Crippen LogP contribution in [-0.2, 0) is 12.8 Å². The van der Waals surface area contributed by atoms with E-state index in [1.807, 2.05) is 24.3 Å². The molecule has 0 amide bonds. The van der Waals surface area contributed by atoms with Gasteiger partial charge in [-0.05, 0) is 54.5 Å². The van der Waals surface area contributed by atoms with Crippen LogP contribution in [0.3, 0.4) is 0 Å². The van der Waals surface area contributed by atoms with Crippen molar-refractivity contribution in [3.8, 4) is 11.5 Å². The Hall–Kier alpha value is -2.15. The van der Waals surface area contributed by atoms with Crippen LogP contribution >= 0.6 is 0 Å². The highest BCUT2D eigenvalue weighted by molar-refractivity contribution is 5.28. The lowest BCUT2D eigenvalue weighted by Gasteiger charge is -2.28. The van der Waals surface area contributed by atoms with Crippen molar-refractivity contribution in [3.05, 3.63) is 53.9 Å². The second-order valence-electron chi connectivity index (χ2n) is 8.32. The molecule has 4 rings (SSSR count). The van der Waals surface area contributed by atoms with E-state index < -0.39 is 11.8 Å². The van der Waals surface area contributed by atoms with Crippen molar-refractivity contribution in [2.24, 2.45) is 11.8 Å². The first-order valence-corrected chi connectivity index (χ1v) is 9.85. The maximum Gasteiger partial charge on any atom is 0.133 e. The summed E-state index contributed by atoms with van der Waals surface area (Å²) in [5.41, 5.74) is 1.22. The number of aliphatic hydroxyl groups excluding tert-OH is 1.